The molecule has 0 aliphatic rings. The summed E-state index contributed by atoms with van der Waals surface area (Å²) in [4.78, 5) is 18.3. The van der Waals surface area contributed by atoms with Crippen molar-refractivity contribution in [2.45, 2.75) is 38.8 Å². The second-order valence-electron chi connectivity index (χ2n) is 5.00. The highest BCUT2D eigenvalue weighted by Crippen LogP contribution is 2.07. The van der Waals surface area contributed by atoms with E-state index in [1.165, 1.54) is 0 Å². The Morgan fingerprint density at radius 2 is 2.30 bits per heavy atom. The number of pyridine rings is 1. The number of methoxy groups -OCH3 is 1. The maximum atomic E-state index is 12.2. The molecule has 0 aromatic carbocycles. The quantitative estimate of drug-likeness (QED) is 0.745. The number of amides is 1. The number of carbonyl (C=O) groups is 1. The van der Waals surface area contributed by atoms with Crippen LogP contribution in [0, 0.1) is 0 Å². The maximum Gasteiger partial charge on any atom is 0.222 e. The summed E-state index contributed by atoms with van der Waals surface area (Å²) < 4.78 is 5.07. The zero-order valence-corrected chi connectivity index (χ0v) is 12.4. The predicted octanol–water partition coefficient (Wildman–Crippen LogP) is 1.57. The van der Waals surface area contributed by atoms with Crippen LogP contribution in [0.1, 0.15) is 31.9 Å². The van der Waals surface area contributed by atoms with Crippen LogP contribution >= 0.6 is 0 Å². The lowest BCUT2D eigenvalue weighted by Gasteiger charge is -2.22. The SMILES string of the molecule is COCCN(Cc1ccccn1)C(=O)CCCC(C)N. The number of hydrogen-bond acceptors (Lipinski definition) is 4. The Bertz CT molecular complexity index is 382. The number of carbonyl (C=O) groups excluding carboxylic acids is 1. The number of hydrogen-bond donors (Lipinski definition) is 1. The zero-order valence-electron chi connectivity index (χ0n) is 12.4. The van der Waals surface area contributed by atoms with Gasteiger partial charge in [0.15, 0.2) is 0 Å². The molecule has 20 heavy (non-hydrogen) atoms. The Balaban J connectivity index is 2.52. The van der Waals surface area contributed by atoms with E-state index in [2.05, 4.69) is 4.98 Å². The van der Waals surface area contributed by atoms with Gasteiger partial charge in [0.2, 0.25) is 5.91 Å². The van der Waals surface area contributed by atoms with Crippen LogP contribution in [0.15, 0.2) is 24.4 Å². The van der Waals surface area contributed by atoms with Gasteiger partial charge in [-0.3, -0.25) is 9.78 Å². The van der Waals surface area contributed by atoms with Crippen molar-refractivity contribution in [3.05, 3.63) is 30.1 Å². The molecule has 112 valence electrons. The molecule has 1 amide bonds. The summed E-state index contributed by atoms with van der Waals surface area (Å²) in [6.45, 7) is 3.61. The Morgan fingerprint density at radius 1 is 1.50 bits per heavy atom. The summed E-state index contributed by atoms with van der Waals surface area (Å²) in [5.41, 5.74) is 6.60. The van der Waals surface area contributed by atoms with Gasteiger partial charge in [-0.05, 0) is 31.9 Å². The van der Waals surface area contributed by atoms with Crippen LogP contribution in [-0.2, 0) is 16.1 Å². The molecule has 0 aliphatic carbocycles. The average Bonchev–Trinajstić information content (AvgIpc) is 2.44. The van der Waals surface area contributed by atoms with Crippen LogP contribution in [-0.4, -0.2) is 42.1 Å². The summed E-state index contributed by atoms with van der Waals surface area (Å²) in [7, 11) is 1.64. The fraction of sp³-hybridized carbons (Fsp3) is 0.600. The molecule has 5 heteroatoms. The molecule has 0 radical (unpaired) electrons. The van der Waals surface area contributed by atoms with Crippen LogP contribution in [0.3, 0.4) is 0 Å². The second-order valence-corrected chi connectivity index (χ2v) is 5.00. The van der Waals surface area contributed by atoms with E-state index < -0.39 is 0 Å². The molecule has 1 aromatic rings. The molecule has 0 saturated carbocycles. The molecule has 0 spiro atoms. The topological polar surface area (TPSA) is 68.5 Å². The van der Waals surface area contributed by atoms with Crippen LogP contribution in [0.25, 0.3) is 0 Å². The molecule has 2 N–H and O–H groups in total. The number of aromatic nitrogens is 1. The van der Waals surface area contributed by atoms with Crippen LogP contribution < -0.4 is 5.73 Å². The van der Waals surface area contributed by atoms with Crippen molar-refractivity contribution in [1.82, 2.24) is 9.88 Å². The highest BCUT2D eigenvalue weighted by Gasteiger charge is 2.14. The van der Waals surface area contributed by atoms with Crippen molar-refractivity contribution in [3.63, 3.8) is 0 Å². The van der Waals surface area contributed by atoms with Gasteiger partial charge in [-0.2, -0.15) is 0 Å². The molecule has 0 bridgehead atoms. The number of nitrogens with zero attached hydrogens (tertiary/aromatic N) is 2. The van der Waals surface area contributed by atoms with E-state index in [4.69, 9.17) is 10.5 Å². The van der Waals surface area contributed by atoms with E-state index in [1.54, 1.807) is 18.2 Å². The summed E-state index contributed by atoms with van der Waals surface area (Å²) in [5.74, 6) is 0.133. The first-order valence-corrected chi connectivity index (χ1v) is 7.05. The summed E-state index contributed by atoms with van der Waals surface area (Å²) in [6, 6.07) is 5.87. The molecule has 1 aromatic heterocycles. The van der Waals surface area contributed by atoms with Crippen molar-refractivity contribution in [2.75, 3.05) is 20.3 Å². The molecule has 0 aliphatic heterocycles. The average molecular weight is 279 g/mol. The first-order chi connectivity index (χ1) is 9.63. The minimum Gasteiger partial charge on any atom is -0.383 e. The van der Waals surface area contributed by atoms with Crippen molar-refractivity contribution < 1.29 is 9.53 Å². The fourth-order valence-electron chi connectivity index (χ4n) is 1.91. The van der Waals surface area contributed by atoms with Gasteiger partial charge < -0.3 is 15.4 Å². The van der Waals surface area contributed by atoms with Gasteiger partial charge in [0.05, 0.1) is 18.8 Å². The first-order valence-electron chi connectivity index (χ1n) is 7.05. The van der Waals surface area contributed by atoms with E-state index in [0.717, 1.165) is 18.5 Å². The summed E-state index contributed by atoms with van der Waals surface area (Å²) >= 11 is 0. The summed E-state index contributed by atoms with van der Waals surface area (Å²) in [6.07, 6.45) is 3.96. The smallest absolute Gasteiger partial charge is 0.222 e. The standard InChI is InChI=1S/C15H25N3O2/c1-13(16)6-5-8-15(19)18(10-11-20-2)12-14-7-3-4-9-17-14/h3-4,7,9,13H,5-6,8,10-12,16H2,1-2H3. The number of rotatable bonds is 9. The summed E-state index contributed by atoms with van der Waals surface area (Å²) in [5, 5.41) is 0. The van der Waals surface area contributed by atoms with E-state index >= 15 is 0 Å². The van der Waals surface area contributed by atoms with Gasteiger partial charge in [0, 0.05) is 32.3 Å². The normalized spacial score (nSPS) is 12.2. The third-order valence-electron chi connectivity index (χ3n) is 3.05. The van der Waals surface area contributed by atoms with E-state index in [1.807, 2.05) is 25.1 Å². The molecule has 0 saturated heterocycles. The number of nitrogens with two attached hydrogens (primary N) is 1. The second kappa shape index (κ2) is 9.44. The van der Waals surface area contributed by atoms with E-state index in [-0.39, 0.29) is 11.9 Å². The molecule has 0 fully saturated rings. The minimum absolute atomic E-state index is 0.133. The Kier molecular flexibility index (Phi) is 7.84. The van der Waals surface area contributed by atoms with E-state index in [9.17, 15) is 4.79 Å². The molecule has 1 rings (SSSR count). The van der Waals surface area contributed by atoms with Crippen molar-refractivity contribution in [1.29, 1.82) is 0 Å². The Hall–Kier alpha value is -1.46. The van der Waals surface area contributed by atoms with Crippen LogP contribution in [0.2, 0.25) is 0 Å². The van der Waals surface area contributed by atoms with Crippen LogP contribution in [0.5, 0.6) is 0 Å². The van der Waals surface area contributed by atoms with Crippen molar-refractivity contribution in [2.24, 2.45) is 5.73 Å². The van der Waals surface area contributed by atoms with Crippen molar-refractivity contribution >= 4 is 5.91 Å². The van der Waals surface area contributed by atoms with Crippen molar-refractivity contribution in [3.8, 4) is 0 Å². The predicted molar refractivity (Wildman–Crippen MR) is 79.0 cm³/mol. The largest absolute Gasteiger partial charge is 0.383 e. The maximum absolute atomic E-state index is 12.2. The molecular formula is C15H25N3O2. The lowest BCUT2D eigenvalue weighted by atomic mass is 10.1. The minimum atomic E-state index is 0.133. The molecule has 5 nitrogen and oxygen atoms in total. The fourth-order valence-corrected chi connectivity index (χ4v) is 1.91. The van der Waals surface area contributed by atoms with E-state index in [0.29, 0.717) is 26.1 Å². The van der Waals surface area contributed by atoms with Gasteiger partial charge in [0.1, 0.15) is 0 Å². The highest BCUT2D eigenvalue weighted by molar-refractivity contribution is 5.76. The Labute approximate surface area is 121 Å². The lowest BCUT2D eigenvalue weighted by molar-refractivity contribution is -0.132. The third kappa shape index (κ3) is 6.63. The molecule has 1 atom stereocenters. The lowest BCUT2D eigenvalue weighted by Crippen LogP contribution is -2.33. The zero-order chi connectivity index (χ0) is 14.8. The molecular weight excluding hydrogens is 254 g/mol. The van der Waals surface area contributed by atoms with Gasteiger partial charge in [-0.25, -0.2) is 0 Å². The van der Waals surface area contributed by atoms with Gasteiger partial charge in [-0.15, -0.1) is 0 Å². The highest BCUT2D eigenvalue weighted by atomic mass is 16.5. The Morgan fingerprint density at radius 3 is 2.90 bits per heavy atom. The van der Waals surface area contributed by atoms with Gasteiger partial charge in [0.25, 0.3) is 0 Å². The monoisotopic (exact) mass is 279 g/mol. The first kappa shape index (κ1) is 16.6. The number of ether oxygens (including phenoxy) is 1. The molecule has 1 unspecified atom stereocenters. The van der Waals surface area contributed by atoms with Gasteiger partial charge >= 0.3 is 0 Å². The molecule has 1 heterocycles. The van der Waals surface area contributed by atoms with Gasteiger partial charge in [-0.1, -0.05) is 6.07 Å². The van der Waals surface area contributed by atoms with Crippen LogP contribution in [0.4, 0.5) is 0 Å². The third-order valence-corrected chi connectivity index (χ3v) is 3.05.